The second-order valence-electron chi connectivity index (χ2n) is 4.31. The fourth-order valence-electron chi connectivity index (χ4n) is 1.76. The molecule has 2 aromatic rings. The predicted molar refractivity (Wildman–Crippen MR) is 78.2 cm³/mol. The molecule has 0 atom stereocenters. The van der Waals surface area contributed by atoms with E-state index in [1.807, 2.05) is 25.1 Å². The van der Waals surface area contributed by atoms with E-state index in [1.54, 1.807) is 10.7 Å². The first-order valence-electron chi connectivity index (χ1n) is 6.28. The van der Waals surface area contributed by atoms with Gasteiger partial charge in [0.25, 0.3) is 0 Å². The van der Waals surface area contributed by atoms with Gasteiger partial charge in [-0.3, -0.25) is 4.68 Å². The van der Waals surface area contributed by atoms with Crippen LogP contribution in [0.1, 0.15) is 12.5 Å². The first kappa shape index (κ1) is 15.0. The van der Waals surface area contributed by atoms with Crippen LogP contribution in [0.15, 0.2) is 41.6 Å². The fraction of sp³-hybridized carbons (Fsp3) is 0.308. The molecule has 0 aliphatic carbocycles. The maximum Gasteiger partial charge on any atom is 0.243 e. The van der Waals surface area contributed by atoms with Crippen LogP contribution in [-0.4, -0.2) is 24.7 Å². The highest BCUT2D eigenvalue weighted by molar-refractivity contribution is 7.89. The van der Waals surface area contributed by atoms with Gasteiger partial charge < -0.3 is 0 Å². The van der Waals surface area contributed by atoms with Gasteiger partial charge in [0.2, 0.25) is 10.0 Å². The summed E-state index contributed by atoms with van der Waals surface area (Å²) in [6.45, 7) is 2.86. The van der Waals surface area contributed by atoms with Gasteiger partial charge in [0.05, 0.1) is 6.20 Å². The van der Waals surface area contributed by atoms with Crippen LogP contribution in [0, 0.1) is 0 Å². The molecule has 5 nitrogen and oxygen atoms in total. The minimum atomic E-state index is -3.50. The summed E-state index contributed by atoms with van der Waals surface area (Å²) in [4.78, 5) is 0.186. The van der Waals surface area contributed by atoms with Gasteiger partial charge in [-0.05, 0) is 31.0 Å². The molecule has 0 aliphatic rings. The van der Waals surface area contributed by atoms with Crippen LogP contribution in [0.4, 0.5) is 0 Å². The number of hydrogen-bond donors (Lipinski definition) is 1. The lowest BCUT2D eigenvalue weighted by Crippen LogP contribution is -2.25. The topological polar surface area (TPSA) is 64.0 Å². The Morgan fingerprint density at radius 3 is 2.85 bits per heavy atom. The molecule has 7 heteroatoms. The molecule has 108 valence electrons. The standard InChI is InChI=1S/C13H16ClN3O2S/c1-2-17-10-13(9-15-17)20(18,19)16-7-6-11-4-3-5-12(14)8-11/h3-5,8-10,16H,2,6-7H2,1H3. The Kier molecular flexibility index (Phi) is 4.80. The molecule has 0 fully saturated rings. The maximum absolute atomic E-state index is 12.0. The van der Waals surface area contributed by atoms with Crippen LogP contribution in [-0.2, 0) is 23.0 Å². The molecular weight excluding hydrogens is 298 g/mol. The minimum Gasteiger partial charge on any atom is -0.272 e. The van der Waals surface area contributed by atoms with Crippen molar-refractivity contribution in [2.24, 2.45) is 0 Å². The Labute approximate surface area is 123 Å². The summed E-state index contributed by atoms with van der Waals surface area (Å²) in [6.07, 6.45) is 3.45. The van der Waals surface area contributed by atoms with Crippen LogP contribution in [0.3, 0.4) is 0 Å². The third kappa shape index (κ3) is 3.82. The Balaban J connectivity index is 1.96. The number of aryl methyl sites for hydroxylation is 1. The van der Waals surface area contributed by atoms with Crippen LogP contribution in [0.2, 0.25) is 5.02 Å². The molecule has 0 bridgehead atoms. The van der Waals surface area contributed by atoms with E-state index >= 15 is 0 Å². The summed E-state index contributed by atoms with van der Waals surface area (Å²) in [5.41, 5.74) is 0.990. The van der Waals surface area contributed by atoms with Crippen molar-refractivity contribution in [1.82, 2.24) is 14.5 Å². The Morgan fingerprint density at radius 1 is 1.40 bits per heavy atom. The summed E-state index contributed by atoms with van der Waals surface area (Å²) in [5, 5.41) is 4.61. The van der Waals surface area contributed by atoms with Crippen LogP contribution < -0.4 is 4.72 Å². The SMILES string of the molecule is CCn1cc(S(=O)(=O)NCCc2cccc(Cl)c2)cn1. The fourth-order valence-corrected chi connectivity index (χ4v) is 2.96. The summed E-state index contributed by atoms with van der Waals surface area (Å²) in [5.74, 6) is 0. The van der Waals surface area contributed by atoms with Crippen molar-refractivity contribution in [3.8, 4) is 0 Å². The lowest BCUT2D eigenvalue weighted by molar-refractivity contribution is 0.581. The Bertz CT molecular complexity index is 682. The molecule has 0 spiro atoms. The lowest BCUT2D eigenvalue weighted by Gasteiger charge is -2.05. The second kappa shape index (κ2) is 6.39. The van der Waals surface area contributed by atoms with Gasteiger partial charge in [-0.15, -0.1) is 0 Å². The third-order valence-corrected chi connectivity index (χ3v) is 4.49. The zero-order valence-corrected chi connectivity index (χ0v) is 12.7. The van der Waals surface area contributed by atoms with E-state index in [9.17, 15) is 8.42 Å². The number of sulfonamides is 1. The molecule has 2 rings (SSSR count). The van der Waals surface area contributed by atoms with Crippen LogP contribution >= 0.6 is 11.6 Å². The van der Waals surface area contributed by atoms with Crippen molar-refractivity contribution in [3.05, 3.63) is 47.2 Å². The van der Waals surface area contributed by atoms with Crippen molar-refractivity contribution < 1.29 is 8.42 Å². The van der Waals surface area contributed by atoms with E-state index in [4.69, 9.17) is 11.6 Å². The van der Waals surface area contributed by atoms with Crippen molar-refractivity contribution in [3.63, 3.8) is 0 Å². The molecule has 0 aliphatic heterocycles. The van der Waals surface area contributed by atoms with Crippen LogP contribution in [0.5, 0.6) is 0 Å². The zero-order chi connectivity index (χ0) is 14.6. The summed E-state index contributed by atoms with van der Waals surface area (Å²) in [6, 6.07) is 7.37. The molecule has 1 N–H and O–H groups in total. The molecule has 20 heavy (non-hydrogen) atoms. The highest BCUT2D eigenvalue weighted by Gasteiger charge is 2.15. The molecular formula is C13H16ClN3O2S. The number of aromatic nitrogens is 2. The number of benzene rings is 1. The summed E-state index contributed by atoms with van der Waals surface area (Å²) in [7, 11) is -3.50. The normalized spacial score (nSPS) is 11.7. The number of hydrogen-bond acceptors (Lipinski definition) is 3. The van der Waals surface area contributed by atoms with E-state index in [-0.39, 0.29) is 4.90 Å². The van der Waals surface area contributed by atoms with Crippen molar-refractivity contribution in [1.29, 1.82) is 0 Å². The van der Waals surface area contributed by atoms with Crippen LogP contribution in [0.25, 0.3) is 0 Å². The smallest absolute Gasteiger partial charge is 0.243 e. The number of rotatable bonds is 6. The number of halogens is 1. The second-order valence-corrected chi connectivity index (χ2v) is 6.51. The lowest BCUT2D eigenvalue weighted by atomic mass is 10.2. The Morgan fingerprint density at radius 2 is 2.20 bits per heavy atom. The number of nitrogens with one attached hydrogen (secondary N) is 1. The molecule has 0 amide bonds. The maximum atomic E-state index is 12.0. The largest absolute Gasteiger partial charge is 0.272 e. The van der Waals surface area contributed by atoms with Gasteiger partial charge in [-0.1, -0.05) is 23.7 Å². The highest BCUT2D eigenvalue weighted by Crippen LogP contribution is 2.11. The quantitative estimate of drug-likeness (QED) is 0.888. The molecule has 1 aromatic carbocycles. The molecule has 0 saturated carbocycles. The zero-order valence-electron chi connectivity index (χ0n) is 11.1. The van der Waals surface area contributed by atoms with Crippen molar-refractivity contribution >= 4 is 21.6 Å². The van der Waals surface area contributed by atoms with E-state index in [0.29, 0.717) is 24.5 Å². The summed E-state index contributed by atoms with van der Waals surface area (Å²) >= 11 is 5.88. The van der Waals surface area contributed by atoms with E-state index in [1.165, 1.54) is 12.4 Å². The van der Waals surface area contributed by atoms with E-state index < -0.39 is 10.0 Å². The molecule has 1 heterocycles. The molecule has 0 saturated heterocycles. The van der Waals surface area contributed by atoms with Gasteiger partial charge in [0.15, 0.2) is 0 Å². The van der Waals surface area contributed by atoms with Crippen molar-refractivity contribution in [2.45, 2.75) is 24.8 Å². The monoisotopic (exact) mass is 313 g/mol. The molecule has 0 unspecified atom stereocenters. The van der Waals surface area contributed by atoms with Gasteiger partial charge in [-0.25, -0.2) is 13.1 Å². The predicted octanol–water partition coefficient (Wildman–Crippen LogP) is 2.08. The van der Waals surface area contributed by atoms with E-state index in [2.05, 4.69) is 9.82 Å². The molecule has 1 aromatic heterocycles. The van der Waals surface area contributed by atoms with Gasteiger partial charge in [-0.2, -0.15) is 5.10 Å². The molecule has 0 radical (unpaired) electrons. The van der Waals surface area contributed by atoms with Gasteiger partial charge >= 0.3 is 0 Å². The van der Waals surface area contributed by atoms with Crippen molar-refractivity contribution in [2.75, 3.05) is 6.54 Å². The average molecular weight is 314 g/mol. The minimum absolute atomic E-state index is 0.186. The highest BCUT2D eigenvalue weighted by atomic mass is 35.5. The first-order valence-corrected chi connectivity index (χ1v) is 8.14. The van der Waals surface area contributed by atoms with E-state index in [0.717, 1.165) is 5.56 Å². The number of nitrogens with zero attached hydrogens (tertiary/aromatic N) is 2. The third-order valence-electron chi connectivity index (χ3n) is 2.84. The summed E-state index contributed by atoms with van der Waals surface area (Å²) < 4.78 is 28.2. The van der Waals surface area contributed by atoms with Gasteiger partial charge in [0.1, 0.15) is 4.90 Å². The average Bonchev–Trinajstić information content (AvgIpc) is 2.88. The van der Waals surface area contributed by atoms with Gasteiger partial charge in [0, 0.05) is 24.3 Å². The first-order chi connectivity index (χ1) is 9.51. The Hall–Kier alpha value is -1.37.